The summed E-state index contributed by atoms with van der Waals surface area (Å²) in [4.78, 5) is 15.2. The SMILES string of the molecule is CCCC(NCc1noc(-c2ccc(F)cc2)n1)C(=O)O. The van der Waals surface area contributed by atoms with Crippen LogP contribution in [0.4, 0.5) is 4.39 Å². The van der Waals surface area contributed by atoms with Crippen molar-refractivity contribution < 1.29 is 18.8 Å². The Morgan fingerprint density at radius 1 is 1.43 bits per heavy atom. The number of nitrogens with one attached hydrogen (secondary N) is 1. The molecule has 0 aliphatic heterocycles. The largest absolute Gasteiger partial charge is 0.480 e. The second-order valence-electron chi connectivity index (χ2n) is 4.58. The van der Waals surface area contributed by atoms with E-state index in [1.54, 1.807) is 0 Å². The van der Waals surface area contributed by atoms with Gasteiger partial charge in [0, 0.05) is 5.56 Å². The Kier molecular flexibility index (Phi) is 4.99. The molecule has 0 fully saturated rings. The monoisotopic (exact) mass is 293 g/mol. The van der Waals surface area contributed by atoms with Gasteiger partial charge in [-0.3, -0.25) is 10.1 Å². The number of benzene rings is 1. The van der Waals surface area contributed by atoms with Gasteiger partial charge >= 0.3 is 5.97 Å². The lowest BCUT2D eigenvalue weighted by molar-refractivity contribution is -0.139. The van der Waals surface area contributed by atoms with Gasteiger partial charge < -0.3 is 9.63 Å². The van der Waals surface area contributed by atoms with E-state index in [0.717, 1.165) is 6.42 Å². The molecule has 2 rings (SSSR count). The topological polar surface area (TPSA) is 88.3 Å². The number of aliphatic carboxylic acids is 1. The average molecular weight is 293 g/mol. The number of carboxylic acids is 1. The van der Waals surface area contributed by atoms with Crippen molar-refractivity contribution in [3.63, 3.8) is 0 Å². The van der Waals surface area contributed by atoms with Crippen molar-refractivity contribution in [3.8, 4) is 11.5 Å². The molecule has 1 heterocycles. The number of rotatable bonds is 7. The van der Waals surface area contributed by atoms with E-state index in [1.165, 1.54) is 24.3 Å². The molecule has 0 amide bonds. The van der Waals surface area contributed by atoms with Crippen LogP contribution in [0.3, 0.4) is 0 Å². The van der Waals surface area contributed by atoms with Crippen LogP contribution in [0.2, 0.25) is 0 Å². The van der Waals surface area contributed by atoms with Crippen LogP contribution in [0.25, 0.3) is 11.5 Å². The van der Waals surface area contributed by atoms with Crippen LogP contribution >= 0.6 is 0 Å². The van der Waals surface area contributed by atoms with Crippen molar-refractivity contribution in [2.75, 3.05) is 0 Å². The third-order valence-electron chi connectivity index (χ3n) is 2.94. The fourth-order valence-electron chi connectivity index (χ4n) is 1.85. The van der Waals surface area contributed by atoms with Crippen LogP contribution in [-0.2, 0) is 11.3 Å². The van der Waals surface area contributed by atoms with Gasteiger partial charge in [-0.15, -0.1) is 0 Å². The predicted molar refractivity (Wildman–Crippen MR) is 72.9 cm³/mol. The summed E-state index contributed by atoms with van der Waals surface area (Å²) in [6.45, 7) is 2.11. The first-order valence-electron chi connectivity index (χ1n) is 6.65. The zero-order chi connectivity index (χ0) is 15.2. The summed E-state index contributed by atoms with van der Waals surface area (Å²) in [6, 6.07) is 5.05. The van der Waals surface area contributed by atoms with E-state index in [4.69, 9.17) is 9.63 Å². The molecule has 21 heavy (non-hydrogen) atoms. The summed E-state index contributed by atoms with van der Waals surface area (Å²) >= 11 is 0. The van der Waals surface area contributed by atoms with Crippen molar-refractivity contribution in [2.45, 2.75) is 32.4 Å². The van der Waals surface area contributed by atoms with Crippen LogP contribution in [0.5, 0.6) is 0 Å². The number of nitrogens with zero attached hydrogens (tertiary/aromatic N) is 2. The van der Waals surface area contributed by atoms with E-state index >= 15 is 0 Å². The molecule has 0 saturated heterocycles. The highest BCUT2D eigenvalue weighted by molar-refractivity contribution is 5.73. The maximum absolute atomic E-state index is 12.8. The van der Waals surface area contributed by atoms with Gasteiger partial charge in [-0.05, 0) is 30.7 Å². The Morgan fingerprint density at radius 2 is 2.14 bits per heavy atom. The number of hydrogen-bond acceptors (Lipinski definition) is 5. The number of halogens is 1. The summed E-state index contributed by atoms with van der Waals surface area (Å²) < 4.78 is 17.9. The minimum Gasteiger partial charge on any atom is -0.480 e. The van der Waals surface area contributed by atoms with Gasteiger partial charge in [-0.2, -0.15) is 4.98 Å². The highest BCUT2D eigenvalue weighted by atomic mass is 19.1. The molecule has 6 nitrogen and oxygen atoms in total. The van der Waals surface area contributed by atoms with Crippen LogP contribution in [-0.4, -0.2) is 27.3 Å². The van der Waals surface area contributed by atoms with Crippen molar-refractivity contribution in [3.05, 3.63) is 35.9 Å². The van der Waals surface area contributed by atoms with E-state index < -0.39 is 12.0 Å². The molecule has 0 aliphatic carbocycles. The van der Waals surface area contributed by atoms with Crippen LogP contribution in [0.15, 0.2) is 28.8 Å². The zero-order valence-corrected chi connectivity index (χ0v) is 11.5. The molecular weight excluding hydrogens is 277 g/mol. The van der Waals surface area contributed by atoms with Crippen molar-refractivity contribution in [1.82, 2.24) is 15.5 Å². The Morgan fingerprint density at radius 3 is 2.76 bits per heavy atom. The fraction of sp³-hybridized carbons (Fsp3) is 0.357. The molecule has 1 aromatic heterocycles. The van der Waals surface area contributed by atoms with E-state index in [9.17, 15) is 9.18 Å². The molecule has 1 aromatic carbocycles. The van der Waals surface area contributed by atoms with Gasteiger partial charge in [0.15, 0.2) is 5.82 Å². The molecule has 112 valence electrons. The molecule has 0 saturated carbocycles. The molecule has 0 radical (unpaired) electrons. The van der Waals surface area contributed by atoms with E-state index in [0.29, 0.717) is 17.8 Å². The van der Waals surface area contributed by atoms with Gasteiger partial charge in [-0.1, -0.05) is 18.5 Å². The molecule has 2 aromatic rings. The van der Waals surface area contributed by atoms with Crippen molar-refractivity contribution in [2.24, 2.45) is 0 Å². The number of aromatic nitrogens is 2. The minimum atomic E-state index is -0.904. The summed E-state index contributed by atoms with van der Waals surface area (Å²) in [5.41, 5.74) is 0.610. The smallest absolute Gasteiger partial charge is 0.320 e. The number of carbonyl (C=O) groups is 1. The summed E-state index contributed by atoms with van der Waals surface area (Å²) in [5, 5.41) is 15.7. The zero-order valence-electron chi connectivity index (χ0n) is 11.5. The van der Waals surface area contributed by atoms with Crippen molar-refractivity contribution in [1.29, 1.82) is 0 Å². The third kappa shape index (κ3) is 4.09. The second kappa shape index (κ2) is 6.94. The molecule has 7 heteroatoms. The number of hydrogen-bond donors (Lipinski definition) is 2. The van der Waals surface area contributed by atoms with E-state index in [2.05, 4.69) is 15.5 Å². The molecule has 1 unspecified atom stereocenters. The van der Waals surface area contributed by atoms with Crippen LogP contribution in [0, 0.1) is 5.82 Å². The standard InChI is InChI=1S/C14H16FN3O3/c1-2-3-11(14(19)20)16-8-12-17-13(21-18-12)9-4-6-10(15)7-5-9/h4-7,11,16H,2-3,8H2,1H3,(H,19,20). The maximum atomic E-state index is 12.8. The molecule has 0 spiro atoms. The Labute approximate surface area is 121 Å². The minimum absolute atomic E-state index is 0.196. The first-order chi connectivity index (χ1) is 10.1. The summed E-state index contributed by atoms with van der Waals surface area (Å²) in [7, 11) is 0. The van der Waals surface area contributed by atoms with E-state index in [1.807, 2.05) is 6.92 Å². The van der Waals surface area contributed by atoms with Gasteiger partial charge in [0.05, 0.1) is 6.54 Å². The third-order valence-corrected chi connectivity index (χ3v) is 2.94. The van der Waals surface area contributed by atoms with Gasteiger partial charge in [0.25, 0.3) is 5.89 Å². The second-order valence-corrected chi connectivity index (χ2v) is 4.58. The Balaban J connectivity index is 2.00. The molecule has 1 atom stereocenters. The predicted octanol–water partition coefficient (Wildman–Crippen LogP) is 2.22. The highest BCUT2D eigenvalue weighted by Gasteiger charge is 2.17. The lowest BCUT2D eigenvalue weighted by Crippen LogP contribution is -2.36. The normalized spacial score (nSPS) is 12.3. The quantitative estimate of drug-likeness (QED) is 0.813. The van der Waals surface area contributed by atoms with E-state index in [-0.39, 0.29) is 18.3 Å². The van der Waals surface area contributed by atoms with Gasteiger partial charge in [0.1, 0.15) is 11.9 Å². The summed E-state index contributed by atoms with van der Waals surface area (Å²) in [5.74, 6) is -0.617. The first-order valence-corrected chi connectivity index (χ1v) is 6.65. The lowest BCUT2D eigenvalue weighted by atomic mass is 10.2. The van der Waals surface area contributed by atoms with Gasteiger partial charge in [0.2, 0.25) is 0 Å². The van der Waals surface area contributed by atoms with Gasteiger partial charge in [-0.25, -0.2) is 4.39 Å². The molecule has 2 N–H and O–H groups in total. The summed E-state index contributed by atoms with van der Waals surface area (Å²) in [6.07, 6.45) is 1.29. The Hall–Kier alpha value is -2.28. The molecule has 0 aliphatic rings. The average Bonchev–Trinajstić information content (AvgIpc) is 2.92. The van der Waals surface area contributed by atoms with Crippen LogP contribution in [0.1, 0.15) is 25.6 Å². The number of carboxylic acid groups (broad SMARTS) is 1. The fourth-order valence-corrected chi connectivity index (χ4v) is 1.85. The maximum Gasteiger partial charge on any atom is 0.320 e. The first kappa shape index (κ1) is 15.1. The highest BCUT2D eigenvalue weighted by Crippen LogP contribution is 2.17. The lowest BCUT2D eigenvalue weighted by Gasteiger charge is -2.11. The molecular formula is C14H16FN3O3. The molecule has 0 bridgehead atoms. The Bertz CT molecular complexity index is 598. The van der Waals surface area contributed by atoms with Crippen LogP contribution < -0.4 is 5.32 Å². The van der Waals surface area contributed by atoms with Crippen molar-refractivity contribution >= 4 is 5.97 Å².